The van der Waals surface area contributed by atoms with Gasteiger partial charge in [-0.25, -0.2) is 4.98 Å². The second-order valence-corrected chi connectivity index (χ2v) is 6.54. The predicted octanol–water partition coefficient (Wildman–Crippen LogP) is 1.81. The van der Waals surface area contributed by atoms with E-state index in [9.17, 15) is 30.3 Å². The number of alkyl halides is 3. The van der Waals surface area contributed by atoms with Crippen LogP contribution in [-0.4, -0.2) is 31.6 Å². The molecule has 1 amide bonds. The number of anilines is 1. The lowest BCUT2D eigenvalue weighted by molar-refractivity contribution is -0.140. The van der Waals surface area contributed by atoms with E-state index in [0.717, 1.165) is 10.3 Å². The van der Waals surface area contributed by atoms with Gasteiger partial charge in [-0.05, 0) is 0 Å². The van der Waals surface area contributed by atoms with Crippen molar-refractivity contribution < 1.29 is 30.3 Å². The van der Waals surface area contributed by atoms with Gasteiger partial charge in [0.15, 0.2) is 10.8 Å². The van der Waals surface area contributed by atoms with E-state index in [1.807, 2.05) is 0 Å². The van der Waals surface area contributed by atoms with Gasteiger partial charge in [0.2, 0.25) is 5.91 Å². The molecule has 1 fully saturated rings. The van der Waals surface area contributed by atoms with Crippen LogP contribution in [-0.2, 0) is 21.2 Å². The van der Waals surface area contributed by atoms with Crippen molar-refractivity contribution in [3.05, 3.63) is 11.1 Å². The lowest BCUT2D eigenvalue weighted by Crippen LogP contribution is -2.25. The molecule has 0 saturated carbocycles. The number of hydrogen-bond donors (Lipinski definition) is 0. The van der Waals surface area contributed by atoms with Crippen molar-refractivity contribution in [2.75, 3.05) is 17.2 Å². The number of halogens is 4. The fraction of sp³-hybridized carbons (Fsp3) is 0.556. The molecule has 0 radical (unpaired) electrons. The van der Waals surface area contributed by atoms with Crippen LogP contribution in [0.2, 0.25) is 0 Å². The number of nitrogens with zero attached hydrogens (tertiary/aromatic N) is 2. The van der Waals surface area contributed by atoms with Crippen molar-refractivity contribution in [2.24, 2.45) is 5.92 Å². The maximum absolute atomic E-state index is 12.5. The summed E-state index contributed by atoms with van der Waals surface area (Å²) in [5.74, 6) is -2.18. The molecule has 1 unspecified atom stereocenters. The highest BCUT2D eigenvalue weighted by atomic mass is 32.3. The number of amides is 1. The molecule has 1 aromatic rings. The topological polar surface area (TPSA) is 67.3 Å². The van der Waals surface area contributed by atoms with E-state index in [-0.39, 0.29) is 18.1 Å². The van der Waals surface area contributed by atoms with Crippen LogP contribution in [0.25, 0.3) is 0 Å². The summed E-state index contributed by atoms with van der Waals surface area (Å²) in [6.45, 7) is -0.160. The summed E-state index contributed by atoms with van der Waals surface area (Å²) in [6, 6.07) is 0. The van der Waals surface area contributed by atoms with Gasteiger partial charge >= 0.3 is 16.4 Å². The van der Waals surface area contributed by atoms with Crippen LogP contribution in [0.15, 0.2) is 5.38 Å². The number of rotatable bonds is 3. The van der Waals surface area contributed by atoms with Crippen LogP contribution in [0.5, 0.6) is 0 Å². The summed E-state index contributed by atoms with van der Waals surface area (Å²) in [7, 11) is -4.73. The number of aromatic nitrogens is 1. The molecule has 0 bridgehead atoms. The van der Waals surface area contributed by atoms with Gasteiger partial charge in [0.25, 0.3) is 0 Å². The quantitative estimate of drug-likeness (QED) is 0.625. The average Bonchev–Trinajstić information content (AvgIpc) is 2.81. The highest BCUT2D eigenvalue weighted by Crippen LogP contribution is 2.35. The highest BCUT2D eigenvalue weighted by Gasteiger charge is 2.38. The van der Waals surface area contributed by atoms with E-state index in [2.05, 4.69) is 4.98 Å². The van der Waals surface area contributed by atoms with Crippen molar-refractivity contribution >= 4 is 32.6 Å². The molecular formula is C9H8F4N2O3S2. The van der Waals surface area contributed by atoms with Crippen molar-refractivity contribution in [1.82, 2.24) is 4.98 Å². The van der Waals surface area contributed by atoms with Crippen LogP contribution in [0, 0.1) is 5.92 Å². The lowest BCUT2D eigenvalue weighted by Gasteiger charge is -2.12. The molecule has 2 rings (SSSR count). The molecule has 0 spiro atoms. The largest absolute Gasteiger partial charge is 0.434 e. The number of carbonyl (C=O) groups is 1. The summed E-state index contributed by atoms with van der Waals surface area (Å²) in [5.41, 5.74) is -1.12. The normalized spacial score (nSPS) is 20.7. The zero-order valence-corrected chi connectivity index (χ0v) is 11.4. The molecule has 1 atom stereocenters. The molecule has 1 aliphatic rings. The Morgan fingerprint density at radius 3 is 2.60 bits per heavy atom. The molecular weight excluding hydrogens is 324 g/mol. The fourth-order valence-corrected chi connectivity index (χ4v) is 3.52. The third-order valence-corrected chi connectivity index (χ3v) is 4.39. The van der Waals surface area contributed by atoms with Crippen molar-refractivity contribution in [2.45, 2.75) is 12.6 Å². The van der Waals surface area contributed by atoms with Crippen LogP contribution in [0.4, 0.5) is 22.2 Å². The van der Waals surface area contributed by atoms with Gasteiger partial charge in [-0.15, -0.1) is 15.2 Å². The third-order valence-electron chi connectivity index (χ3n) is 2.65. The Labute approximate surface area is 115 Å². The standard InChI is InChI=1S/C9H8F4N2O3S2/c10-9(11,12)6-3-19-8(14-6)15-2-5(1-7(15)16)4-20(13,17)18/h3,5H,1-2,4H2. The smallest absolute Gasteiger partial charge is 0.288 e. The first-order valence-corrected chi connectivity index (χ1v) is 7.75. The first-order chi connectivity index (χ1) is 9.06. The van der Waals surface area contributed by atoms with Gasteiger partial charge in [-0.3, -0.25) is 9.69 Å². The average molecular weight is 332 g/mol. The molecule has 0 aromatic carbocycles. The summed E-state index contributed by atoms with van der Waals surface area (Å²) in [4.78, 5) is 15.9. The van der Waals surface area contributed by atoms with E-state index in [1.165, 1.54) is 0 Å². The molecule has 11 heteroatoms. The molecule has 2 heterocycles. The second kappa shape index (κ2) is 4.95. The maximum Gasteiger partial charge on any atom is 0.434 e. The molecule has 1 aliphatic heterocycles. The van der Waals surface area contributed by atoms with E-state index >= 15 is 0 Å². The maximum atomic E-state index is 12.5. The molecule has 20 heavy (non-hydrogen) atoms. The minimum Gasteiger partial charge on any atom is -0.288 e. The minimum absolute atomic E-state index is 0.160. The van der Waals surface area contributed by atoms with Gasteiger partial charge in [0.05, 0.1) is 5.75 Å². The van der Waals surface area contributed by atoms with Gasteiger partial charge in [0.1, 0.15) is 0 Å². The Bertz CT molecular complexity index is 625. The first-order valence-electron chi connectivity index (χ1n) is 5.31. The van der Waals surface area contributed by atoms with E-state index < -0.39 is 39.7 Å². The van der Waals surface area contributed by atoms with E-state index in [0.29, 0.717) is 11.3 Å². The second-order valence-electron chi connectivity index (χ2n) is 4.29. The Morgan fingerprint density at radius 2 is 2.10 bits per heavy atom. The number of thiazole rings is 1. The van der Waals surface area contributed by atoms with Crippen LogP contribution >= 0.6 is 11.3 Å². The predicted molar refractivity (Wildman–Crippen MR) is 62.5 cm³/mol. The molecule has 5 nitrogen and oxygen atoms in total. The van der Waals surface area contributed by atoms with E-state index in [4.69, 9.17) is 0 Å². The van der Waals surface area contributed by atoms with Gasteiger partial charge in [0, 0.05) is 24.3 Å². The zero-order chi connectivity index (χ0) is 15.1. The fourth-order valence-electron chi connectivity index (χ4n) is 1.88. The number of carbonyl (C=O) groups excluding carboxylic acids is 1. The molecule has 112 valence electrons. The van der Waals surface area contributed by atoms with Crippen molar-refractivity contribution in [3.63, 3.8) is 0 Å². The van der Waals surface area contributed by atoms with Crippen molar-refractivity contribution in [1.29, 1.82) is 0 Å². The molecule has 1 saturated heterocycles. The van der Waals surface area contributed by atoms with Crippen molar-refractivity contribution in [3.8, 4) is 0 Å². The van der Waals surface area contributed by atoms with Gasteiger partial charge in [-0.1, -0.05) is 0 Å². The summed E-state index contributed by atoms with van der Waals surface area (Å²) < 4.78 is 70.8. The van der Waals surface area contributed by atoms with Crippen LogP contribution in [0.1, 0.15) is 12.1 Å². The van der Waals surface area contributed by atoms with Crippen LogP contribution in [0.3, 0.4) is 0 Å². The Hall–Kier alpha value is -1.23. The lowest BCUT2D eigenvalue weighted by atomic mass is 10.1. The number of hydrogen-bond acceptors (Lipinski definition) is 5. The SMILES string of the molecule is O=C1CC(CS(=O)(=O)F)CN1c1nc(C(F)(F)F)cs1. The zero-order valence-electron chi connectivity index (χ0n) is 9.72. The summed E-state index contributed by atoms with van der Waals surface area (Å²) >= 11 is 0.628. The van der Waals surface area contributed by atoms with E-state index in [1.54, 1.807) is 0 Å². The Morgan fingerprint density at radius 1 is 1.45 bits per heavy atom. The van der Waals surface area contributed by atoms with Crippen LogP contribution < -0.4 is 4.90 Å². The third kappa shape index (κ3) is 3.45. The molecule has 0 N–H and O–H groups in total. The minimum atomic E-state index is -4.73. The summed E-state index contributed by atoms with van der Waals surface area (Å²) in [6.07, 6.45) is -4.84. The summed E-state index contributed by atoms with van der Waals surface area (Å²) in [5, 5.41) is 0.600. The van der Waals surface area contributed by atoms with Gasteiger partial charge < -0.3 is 0 Å². The van der Waals surface area contributed by atoms with Gasteiger partial charge in [-0.2, -0.15) is 21.6 Å². The molecule has 0 aliphatic carbocycles. The molecule has 1 aromatic heterocycles. The highest BCUT2D eigenvalue weighted by molar-refractivity contribution is 7.86. The monoisotopic (exact) mass is 332 g/mol. The Balaban J connectivity index is 2.14. The first kappa shape index (κ1) is 15.2. The Kier molecular flexibility index (Phi) is 3.75.